The van der Waals surface area contributed by atoms with Gasteiger partial charge in [0.1, 0.15) is 0 Å². The van der Waals surface area contributed by atoms with Gasteiger partial charge in [0.25, 0.3) is 0 Å². The normalized spacial score (nSPS) is 22.2. The molecule has 0 N–H and O–H groups in total. The van der Waals surface area contributed by atoms with E-state index in [0.717, 1.165) is 38.4 Å². The van der Waals surface area contributed by atoms with Crippen LogP contribution in [0, 0.1) is 5.92 Å². The molecular weight excluding hydrogens is 164 g/mol. The van der Waals surface area contributed by atoms with Gasteiger partial charge in [-0.15, -0.1) is 0 Å². The van der Waals surface area contributed by atoms with Gasteiger partial charge in [-0.1, -0.05) is 13.8 Å². The number of ether oxygens (including phenoxy) is 2. The molecule has 2 nitrogen and oxygen atoms in total. The molecule has 1 aliphatic rings. The predicted octanol–water partition coefficient (Wildman–Crippen LogP) is 2.62. The third kappa shape index (κ3) is 4.63. The third-order valence-electron chi connectivity index (χ3n) is 2.40. The average Bonchev–Trinajstić information content (AvgIpc) is 2.04. The van der Waals surface area contributed by atoms with Crippen molar-refractivity contribution in [2.45, 2.75) is 52.2 Å². The fraction of sp³-hybridized carbons (Fsp3) is 1.00. The summed E-state index contributed by atoms with van der Waals surface area (Å²) in [6.45, 7) is 8.40. The van der Waals surface area contributed by atoms with E-state index in [-0.39, 0.29) is 0 Å². The zero-order chi connectivity index (χ0) is 9.68. The lowest BCUT2D eigenvalue weighted by Crippen LogP contribution is -2.27. The molecule has 1 fully saturated rings. The molecule has 0 aliphatic carbocycles. The van der Waals surface area contributed by atoms with Crippen molar-refractivity contribution in [3.63, 3.8) is 0 Å². The molecule has 1 saturated heterocycles. The monoisotopic (exact) mass is 186 g/mol. The van der Waals surface area contributed by atoms with Crippen molar-refractivity contribution in [3.05, 3.63) is 0 Å². The minimum Gasteiger partial charge on any atom is -0.381 e. The fourth-order valence-electron chi connectivity index (χ4n) is 1.86. The van der Waals surface area contributed by atoms with Gasteiger partial charge in [0, 0.05) is 13.2 Å². The second-order valence-electron chi connectivity index (χ2n) is 4.39. The van der Waals surface area contributed by atoms with Crippen LogP contribution in [0.3, 0.4) is 0 Å². The fourth-order valence-corrected chi connectivity index (χ4v) is 1.86. The Kier molecular flexibility index (Phi) is 4.74. The summed E-state index contributed by atoms with van der Waals surface area (Å²) in [6.07, 6.45) is 4.16. The molecule has 0 aromatic carbocycles. The van der Waals surface area contributed by atoms with Crippen LogP contribution in [0.1, 0.15) is 40.0 Å². The van der Waals surface area contributed by atoms with Gasteiger partial charge in [-0.25, -0.2) is 0 Å². The predicted molar refractivity (Wildman–Crippen MR) is 53.8 cm³/mol. The van der Waals surface area contributed by atoms with E-state index in [1.807, 2.05) is 0 Å². The van der Waals surface area contributed by atoms with E-state index in [1.165, 1.54) is 0 Å². The minimum atomic E-state index is 0.406. The molecular formula is C11H22O2. The van der Waals surface area contributed by atoms with Crippen LogP contribution in [0.2, 0.25) is 0 Å². The lowest BCUT2D eigenvalue weighted by molar-refractivity contribution is -0.0672. The Morgan fingerprint density at radius 1 is 1.23 bits per heavy atom. The molecule has 0 radical (unpaired) electrons. The van der Waals surface area contributed by atoms with Crippen LogP contribution in [0.4, 0.5) is 0 Å². The summed E-state index contributed by atoms with van der Waals surface area (Å²) in [6, 6.07) is 0. The highest BCUT2D eigenvalue weighted by Crippen LogP contribution is 2.16. The highest BCUT2D eigenvalue weighted by molar-refractivity contribution is 4.65. The molecule has 0 bridgehead atoms. The molecule has 0 amide bonds. The van der Waals surface area contributed by atoms with E-state index >= 15 is 0 Å². The first kappa shape index (κ1) is 11.0. The molecule has 0 spiro atoms. The van der Waals surface area contributed by atoms with E-state index in [1.54, 1.807) is 0 Å². The van der Waals surface area contributed by atoms with E-state index in [0.29, 0.717) is 12.2 Å². The lowest BCUT2D eigenvalue weighted by Gasteiger charge is -2.26. The first-order valence-electron chi connectivity index (χ1n) is 5.41. The summed E-state index contributed by atoms with van der Waals surface area (Å²) in [5.41, 5.74) is 0. The molecule has 0 aromatic heterocycles. The third-order valence-corrected chi connectivity index (χ3v) is 2.40. The Labute approximate surface area is 81.6 Å². The highest BCUT2D eigenvalue weighted by atomic mass is 16.5. The first-order chi connectivity index (χ1) is 6.18. The maximum Gasteiger partial charge on any atom is 0.0622 e. The van der Waals surface area contributed by atoms with Gasteiger partial charge in [0.15, 0.2) is 0 Å². The van der Waals surface area contributed by atoms with Gasteiger partial charge in [-0.2, -0.15) is 0 Å². The van der Waals surface area contributed by atoms with Crippen LogP contribution in [-0.2, 0) is 9.47 Å². The van der Waals surface area contributed by atoms with Crippen molar-refractivity contribution in [2.24, 2.45) is 5.92 Å². The molecule has 1 rings (SSSR count). The standard InChI is InChI=1S/C11H22O2/c1-9(2)8-10(3)13-11-4-6-12-7-5-11/h9-11H,4-8H2,1-3H3/t10-/m1/s1. The minimum absolute atomic E-state index is 0.406. The Balaban J connectivity index is 2.14. The average molecular weight is 186 g/mol. The van der Waals surface area contributed by atoms with Crippen LogP contribution in [0.15, 0.2) is 0 Å². The topological polar surface area (TPSA) is 18.5 Å². The molecule has 13 heavy (non-hydrogen) atoms. The summed E-state index contributed by atoms with van der Waals surface area (Å²) in [5, 5.41) is 0. The van der Waals surface area contributed by atoms with Crippen LogP contribution in [0.25, 0.3) is 0 Å². The summed E-state index contributed by atoms with van der Waals surface area (Å²) in [4.78, 5) is 0. The van der Waals surface area contributed by atoms with Gasteiger partial charge in [-0.05, 0) is 32.1 Å². The summed E-state index contributed by atoms with van der Waals surface area (Å²) in [5.74, 6) is 0.731. The van der Waals surface area contributed by atoms with Crippen molar-refractivity contribution in [2.75, 3.05) is 13.2 Å². The zero-order valence-corrected chi connectivity index (χ0v) is 9.08. The number of hydrogen-bond acceptors (Lipinski definition) is 2. The van der Waals surface area contributed by atoms with Gasteiger partial charge < -0.3 is 9.47 Å². The highest BCUT2D eigenvalue weighted by Gasteiger charge is 2.17. The van der Waals surface area contributed by atoms with Crippen molar-refractivity contribution in [1.82, 2.24) is 0 Å². The molecule has 1 aliphatic heterocycles. The van der Waals surface area contributed by atoms with Crippen LogP contribution < -0.4 is 0 Å². The number of rotatable bonds is 4. The summed E-state index contributed by atoms with van der Waals surface area (Å²) < 4.78 is 11.2. The molecule has 2 heteroatoms. The zero-order valence-electron chi connectivity index (χ0n) is 9.08. The van der Waals surface area contributed by atoms with Crippen molar-refractivity contribution in [1.29, 1.82) is 0 Å². The quantitative estimate of drug-likeness (QED) is 0.672. The molecule has 0 unspecified atom stereocenters. The maximum atomic E-state index is 5.92. The van der Waals surface area contributed by atoms with E-state index in [4.69, 9.17) is 9.47 Å². The summed E-state index contributed by atoms with van der Waals surface area (Å²) >= 11 is 0. The Bertz CT molecular complexity index is 128. The van der Waals surface area contributed by atoms with Crippen molar-refractivity contribution < 1.29 is 9.47 Å². The summed E-state index contributed by atoms with van der Waals surface area (Å²) in [7, 11) is 0. The van der Waals surface area contributed by atoms with Crippen molar-refractivity contribution in [3.8, 4) is 0 Å². The Morgan fingerprint density at radius 2 is 1.85 bits per heavy atom. The maximum absolute atomic E-state index is 5.92. The van der Waals surface area contributed by atoms with Crippen molar-refractivity contribution >= 4 is 0 Å². The van der Waals surface area contributed by atoms with E-state index < -0.39 is 0 Å². The first-order valence-corrected chi connectivity index (χ1v) is 5.41. The SMILES string of the molecule is CC(C)C[C@@H](C)OC1CCOCC1. The van der Waals surface area contributed by atoms with Gasteiger partial charge in [-0.3, -0.25) is 0 Å². The Morgan fingerprint density at radius 3 is 2.38 bits per heavy atom. The molecule has 0 saturated carbocycles. The molecule has 1 atom stereocenters. The van der Waals surface area contributed by atoms with Crippen LogP contribution >= 0.6 is 0 Å². The molecule has 0 aromatic rings. The second kappa shape index (κ2) is 5.61. The van der Waals surface area contributed by atoms with Gasteiger partial charge >= 0.3 is 0 Å². The van der Waals surface area contributed by atoms with Gasteiger partial charge in [0.05, 0.1) is 12.2 Å². The lowest BCUT2D eigenvalue weighted by atomic mass is 10.1. The smallest absolute Gasteiger partial charge is 0.0622 e. The number of hydrogen-bond donors (Lipinski definition) is 0. The van der Waals surface area contributed by atoms with Crippen LogP contribution in [0.5, 0.6) is 0 Å². The Hall–Kier alpha value is -0.0800. The van der Waals surface area contributed by atoms with E-state index in [9.17, 15) is 0 Å². The largest absolute Gasteiger partial charge is 0.381 e. The second-order valence-corrected chi connectivity index (χ2v) is 4.39. The molecule has 78 valence electrons. The molecule has 1 heterocycles. The van der Waals surface area contributed by atoms with Crippen LogP contribution in [-0.4, -0.2) is 25.4 Å². The van der Waals surface area contributed by atoms with E-state index in [2.05, 4.69) is 20.8 Å². The van der Waals surface area contributed by atoms with Gasteiger partial charge in [0.2, 0.25) is 0 Å².